The number of amides is 1. The van der Waals surface area contributed by atoms with E-state index in [9.17, 15) is 18.3 Å². The molecular formula is C21H24N8O4S. The van der Waals surface area contributed by atoms with Gasteiger partial charge >= 0.3 is 6.09 Å². The molecule has 12 nitrogen and oxygen atoms in total. The molecule has 0 saturated carbocycles. The maximum Gasteiger partial charge on any atom is 0.407 e. The van der Waals surface area contributed by atoms with E-state index in [4.69, 9.17) is 0 Å². The maximum atomic E-state index is 11.6. The minimum atomic E-state index is -3.49. The third-order valence-corrected chi connectivity index (χ3v) is 5.76. The van der Waals surface area contributed by atoms with Crippen molar-refractivity contribution in [3.05, 3.63) is 59.2 Å². The minimum Gasteiger partial charge on any atom is -0.465 e. The summed E-state index contributed by atoms with van der Waals surface area (Å²) in [5, 5.41) is 15.5. The highest BCUT2D eigenvalue weighted by atomic mass is 32.2. The molecule has 34 heavy (non-hydrogen) atoms. The van der Waals surface area contributed by atoms with Crippen LogP contribution in [-0.4, -0.2) is 57.3 Å². The van der Waals surface area contributed by atoms with Crippen molar-refractivity contribution in [1.29, 1.82) is 0 Å². The molecular weight excluding hydrogens is 460 g/mol. The van der Waals surface area contributed by atoms with E-state index in [1.807, 2.05) is 25.1 Å². The summed E-state index contributed by atoms with van der Waals surface area (Å²) >= 11 is 0. The van der Waals surface area contributed by atoms with Crippen LogP contribution < -0.4 is 15.4 Å². The van der Waals surface area contributed by atoms with Crippen molar-refractivity contribution in [2.24, 2.45) is 0 Å². The fraction of sp³-hybridized carbons (Fsp3) is 0.286. The van der Waals surface area contributed by atoms with Crippen molar-refractivity contribution in [2.75, 3.05) is 28.2 Å². The third kappa shape index (κ3) is 5.67. The Morgan fingerprint density at radius 1 is 1.15 bits per heavy atom. The van der Waals surface area contributed by atoms with Crippen molar-refractivity contribution in [3.8, 4) is 0 Å². The fourth-order valence-corrected chi connectivity index (χ4v) is 4.05. The zero-order valence-electron chi connectivity index (χ0n) is 18.6. The van der Waals surface area contributed by atoms with Crippen LogP contribution in [0.5, 0.6) is 0 Å². The molecule has 1 aliphatic rings. The molecule has 0 unspecified atom stereocenters. The number of carbonyl (C=O) groups is 1. The second-order valence-corrected chi connectivity index (χ2v) is 9.62. The Kier molecular flexibility index (Phi) is 6.45. The van der Waals surface area contributed by atoms with Crippen molar-refractivity contribution < 1.29 is 18.3 Å². The smallest absolute Gasteiger partial charge is 0.407 e. The molecule has 4 rings (SSSR count). The molecule has 1 aliphatic heterocycles. The van der Waals surface area contributed by atoms with Crippen LogP contribution in [0.15, 0.2) is 36.8 Å². The first-order chi connectivity index (χ1) is 16.2. The Balaban J connectivity index is 1.47. The number of aryl methyl sites for hydroxylation is 1. The number of carboxylic acid groups (broad SMARTS) is 1. The molecule has 178 valence electrons. The normalized spacial score (nSPS) is 13.2. The van der Waals surface area contributed by atoms with Crippen molar-refractivity contribution in [1.82, 2.24) is 24.8 Å². The summed E-state index contributed by atoms with van der Waals surface area (Å²) in [6, 6.07) is 5.75. The number of hydrogen-bond donors (Lipinski definition) is 4. The van der Waals surface area contributed by atoms with Gasteiger partial charge in [0, 0.05) is 42.9 Å². The van der Waals surface area contributed by atoms with Gasteiger partial charge in [0.1, 0.15) is 11.5 Å². The number of nitrogens with zero attached hydrogens (tertiary/aromatic N) is 5. The average molecular weight is 485 g/mol. The average Bonchev–Trinajstić information content (AvgIpc) is 2.79. The van der Waals surface area contributed by atoms with Gasteiger partial charge in [-0.2, -0.15) is 4.98 Å². The Morgan fingerprint density at radius 3 is 2.71 bits per heavy atom. The van der Waals surface area contributed by atoms with Gasteiger partial charge in [0.15, 0.2) is 5.82 Å². The third-order valence-electron chi connectivity index (χ3n) is 5.20. The Labute approximate surface area is 196 Å². The summed E-state index contributed by atoms with van der Waals surface area (Å²) in [6.07, 6.45) is 5.34. The summed E-state index contributed by atoms with van der Waals surface area (Å²) in [4.78, 5) is 29.7. The number of sulfonamides is 1. The molecule has 0 saturated heterocycles. The quantitative estimate of drug-likeness (QED) is 0.391. The molecule has 3 aromatic rings. The largest absolute Gasteiger partial charge is 0.465 e. The van der Waals surface area contributed by atoms with Crippen LogP contribution in [0.1, 0.15) is 22.4 Å². The van der Waals surface area contributed by atoms with E-state index in [2.05, 4.69) is 35.3 Å². The van der Waals surface area contributed by atoms with Gasteiger partial charge in [-0.05, 0) is 36.6 Å². The Morgan fingerprint density at radius 2 is 1.94 bits per heavy atom. The molecule has 0 radical (unpaired) electrons. The molecule has 0 bridgehead atoms. The summed E-state index contributed by atoms with van der Waals surface area (Å²) in [7, 11) is -3.49. The second kappa shape index (κ2) is 9.47. The van der Waals surface area contributed by atoms with E-state index < -0.39 is 16.1 Å². The summed E-state index contributed by atoms with van der Waals surface area (Å²) in [6.45, 7) is 2.88. The van der Waals surface area contributed by atoms with Gasteiger partial charge in [-0.25, -0.2) is 23.2 Å². The highest BCUT2D eigenvalue weighted by molar-refractivity contribution is 7.92. The van der Waals surface area contributed by atoms with E-state index in [0.717, 1.165) is 28.6 Å². The summed E-state index contributed by atoms with van der Waals surface area (Å²) in [5.74, 6) is 1.09. The number of rotatable bonds is 7. The van der Waals surface area contributed by atoms with Gasteiger partial charge in [0.2, 0.25) is 16.0 Å². The van der Waals surface area contributed by atoms with Gasteiger partial charge in [-0.1, -0.05) is 6.07 Å². The molecule has 0 spiro atoms. The number of fused-ring (bicyclic) bond motifs is 1. The molecule has 13 heteroatoms. The molecule has 1 amide bonds. The van der Waals surface area contributed by atoms with Gasteiger partial charge in [-0.15, -0.1) is 0 Å². The topological polar surface area (TPSA) is 162 Å². The predicted molar refractivity (Wildman–Crippen MR) is 126 cm³/mol. The van der Waals surface area contributed by atoms with Crippen LogP contribution in [0.3, 0.4) is 0 Å². The lowest BCUT2D eigenvalue weighted by Gasteiger charge is -2.26. The van der Waals surface area contributed by atoms with Gasteiger partial charge in [0.05, 0.1) is 12.8 Å². The molecule has 0 atom stereocenters. The van der Waals surface area contributed by atoms with Gasteiger partial charge in [0.25, 0.3) is 0 Å². The van der Waals surface area contributed by atoms with Crippen LogP contribution in [0, 0.1) is 6.92 Å². The zero-order valence-corrected chi connectivity index (χ0v) is 19.4. The molecule has 0 fully saturated rings. The van der Waals surface area contributed by atoms with E-state index in [-0.39, 0.29) is 12.4 Å². The summed E-state index contributed by atoms with van der Waals surface area (Å²) in [5.41, 5.74) is 4.08. The highest BCUT2D eigenvalue weighted by Crippen LogP contribution is 2.25. The minimum absolute atomic E-state index is 0.151. The number of benzene rings is 1. The number of hydrogen-bond acceptors (Lipinski definition) is 9. The molecule has 1 aromatic carbocycles. The number of nitrogens with one attached hydrogen (secondary N) is 3. The molecule has 4 N–H and O–H groups in total. The van der Waals surface area contributed by atoms with E-state index in [1.54, 1.807) is 6.20 Å². The van der Waals surface area contributed by atoms with E-state index in [0.29, 0.717) is 37.0 Å². The van der Waals surface area contributed by atoms with Crippen LogP contribution in [0.2, 0.25) is 0 Å². The predicted octanol–water partition coefficient (Wildman–Crippen LogP) is 2.34. The van der Waals surface area contributed by atoms with Crippen LogP contribution in [-0.2, 0) is 29.5 Å². The van der Waals surface area contributed by atoms with Crippen molar-refractivity contribution >= 4 is 39.4 Å². The SMILES string of the molecule is Cc1cnc(Nc2ccc3c(c2)CCN(C(=O)O)C3)nc1NCc1nccnc1NS(C)(=O)=O. The number of anilines is 4. The first kappa shape index (κ1) is 23.2. The number of aromatic nitrogens is 4. The van der Waals surface area contributed by atoms with Crippen molar-refractivity contribution in [2.45, 2.75) is 26.4 Å². The monoisotopic (exact) mass is 484 g/mol. The van der Waals surface area contributed by atoms with Crippen LogP contribution in [0.4, 0.5) is 28.1 Å². The lowest BCUT2D eigenvalue weighted by Crippen LogP contribution is -2.34. The zero-order chi connectivity index (χ0) is 24.3. The standard InChI is InChI=1S/C21H24N8O4S/c1-13-10-25-20(26-16-4-3-15-12-29(21(30)31)8-5-14(15)9-16)27-18(13)24-11-17-19(23-7-6-22-17)28-34(2,32)33/h3-4,6-7,9-10H,5,8,11-12H2,1-2H3,(H,23,28)(H,30,31)(H2,24,25,26,27). The van der Waals surface area contributed by atoms with Crippen LogP contribution in [0.25, 0.3) is 0 Å². The van der Waals surface area contributed by atoms with Gasteiger partial charge < -0.3 is 20.6 Å². The summed E-state index contributed by atoms with van der Waals surface area (Å²) < 4.78 is 25.5. The highest BCUT2D eigenvalue weighted by Gasteiger charge is 2.20. The van der Waals surface area contributed by atoms with E-state index in [1.165, 1.54) is 17.3 Å². The first-order valence-electron chi connectivity index (χ1n) is 10.4. The lowest BCUT2D eigenvalue weighted by atomic mass is 9.99. The van der Waals surface area contributed by atoms with E-state index >= 15 is 0 Å². The molecule has 2 aromatic heterocycles. The van der Waals surface area contributed by atoms with Crippen LogP contribution >= 0.6 is 0 Å². The molecule has 0 aliphatic carbocycles. The molecule has 3 heterocycles. The first-order valence-corrected chi connectivity index (χ1v) is 12.3. The van der Waals surface area contributed by atoms with Crippen molar-refractivity contribution in [3.63, 3.8) is 0 Å². The Bertz CT molecular complexity index is 1330. The van der Waals surface area contributed by atoms with Gasteiger partial charge in [-0.3, -0.25) is 9.71 Å². The Hall–Kier alpha value is -4.00. The fourth-order valence-electron chi connectivity index (χ4n) is 3.53. The lowest BCUT2D eigenvalue weighted by molar-refractivity contribution is 0.140. The maximum absolute atomic E-state index is 11.6. The second-order valence-electron chi connectivity index (χ2n) is 7.87.